The third-order valence-electron chi connectivity index (χ3n) is 2.34. The number of rotatable bonds is 4. The SMILES string of the molecule is CC(C)(CNCO)c1ccc(F)cc1F. The molecule has 4 heteroatoms. The van der Waals surface area contributed by atoms with E-state index in [2.05, 4.69) is 5.32 Å². The third-order valence-corrected chi connectivity index (χ3v) is 2.34. The summed E-state index contributed by atoms with van der Waals surface area (Å²) in [5, 5.41) is 11.3. The molecule has 0 aliphatic heterocycles. The van der Waals surface area contributed by atoms with Gasteiger partial charge in [-0.05, 0) is 11.6 Å². The molecule has 0 atom stereocenters. The minimum absolute atomic E-state index is 0.160. The Morgan fingerprint density at radius 1 is 1.33 bits per heavy atom. The van der Waals surface area contributed by atoms with Gasteiger partial charge in [-0.1, -0.05) is 19.9 Å². The number of nitrogens with one attached hydrogen (secondary N) is 1. The van der Waals surface area contributed by atoms with Gasteiger partial charge in [-0.2, -0.15) is 0 Å². The van der Waals surface area contributed by atoms with Gasteiger partial charge in [-0.3, -0.25) is 5.32 Å². The molecular weight excluding hydrogens is 200 g/mol. The van der Waals surface area contributed by atoms with E-state index in [1.165, 1.54) is 12.1 Å². The molecule has 2 N–H and O–H groups in total. The van der Waals surface area contributed by atoms with Crippen molar-refractivity contribution in [3.63, 3.8) is 0 Å². The van der Waals surface area contributed by atoms with Crippen molar-refractivity contribution < 1.29 is 13.9 Å². The van der Waals surface area contributed by atoms with Crippen molar-refractivity contribution in [1.29, 1.82) is 0 Å². The third kappa shape index (κ3) is 2.97. The van der Waals surface area contributed by atoms with Gasteiger partial charge in [0.05, 0.1) is 6.73 Å². The van der Waals surface area contributed by atoms with Crippen LogP contribution in [-0.4, -0.2) is 18.4 Å². The largest absolute Gasteiger partial charge is 0.381 e. The molecule has 2 nitrogen and oxygen atoms in total. The Labute approximate surface area is 87.9 Å². The summed E-state index contributed by atoms with van der Waals surface area (Å²) in [5.74, 6) is -1.14. The molecule has 0 bridgehead atoms. The molecule has 0 aliphatic carbocycles. The Bertz CT molecular complexity index is 339. The Morgan fingerprint density at radius 2 is 2.00 bits per heavy atom. The van der Waals surface area contributed by atoms with Crippen LogP contribution in [0.3, 0.4) is 0 Å². The summed E-state index contributed by atoms with van der Waals surface area (Å²) in [4.78, 5) is 0. The molecule has 0 fully saturated rings. The van der Waals surface area contributed by atoms with Crippen LogP contribution in [0, 0.1) is 11.6 Å². The zero-order valence-electron chi connectivity index (χ0n) is 8.85. The topological polar surface area (TPSA) is 32.3 Å². The Hall–Kier alpha value is -1.00. The summed E-state index contributed by atoms with van der Waals surface area (Å²) in [7, 11) is 0. The first-order valence-corrected chi connectivity index (χ1v) is 4.74. The molecule has 1 aromatic carbocycles. The molecule has 0 heterocycles. The molecule has 1 aromatic rings. The van der Waals surface area contributed by atoms with Crippen molar-refractivity contribution in [2.24, 2.45) is 0 Å². The maximum absolute atomic E-state index is 13.4. The number of aliphatic hydroxyl groups excluding tert-OH is 1. The number of aliphatic hydroxyl groups is 1. The van der Waals surface area contributed by atoms with E-state index in [0.29, 0.717) is 12.1 Å². The summed E-state index contributed by atoms with van der Waals surface area (Å²) >= 11 is 0. The average Bonchev–Trinajstić information content (AvgIpc) is 2.14. The monoisotopic (exact) mass is 215 g/mol. The van der Waals surface area contributed by atoms with Crippen LogP contribution < -0.4 is 5.32 Å². The fourth-order valence-electron chi connectivity index (χ4n) is 1.50. The number of hydrogen-bond acceptors (Lipinski definition) is 2. The van der Waals surface area contributed by atoms with Crippen LogP contribution in [0.4, 0.5) is 8.78 Å². The van der Waals surface area contributed by atoms with Crippen molar-refractivity contribution in [3.8, 4) is 0 Å². The standard InChI is InChI=1S/C11H15F2NO/c1-11(2,6-14-7-15)9-4-3-8(12)5-10(9)13/h3-5,14-15H,6-7H2,1-2H3. The second-order valence-corrected chi connectivity index (χ2v) is 4.09. The normalized spacial score (nSPS) is 11.8. The zero-order chi connectivity index (χ0) is 11.5. The van der Waals surface area contributed by atoms with Gasteiger partial charge >= 0.3 is 0 Å². The Kier molecular flexibility index (Phi) is 3.77. The van der Waals surface area contributed by atoms with Gasteiger partial charge in [-0.25, -0.2) is 8.78 Å². The Morgan fingerprint density at radius 3 is 2.53 bits per heavy atom. The highest BCUT2D eigenvalue weighted by Crippen LogP contribution is 2.25. The lowest BCUT2D eigenvalue weighted by Gasteiger charge is -2.25. The first-order valence-electron chi connectivity index (χ1n) is 4.74. The highest BCUT2D eigenvalue weighted by molar-refractivity contribution is 5.26. The predicted molar refractivity (Wildman–Crippen MR) is 54.5 cm³/mol. The van der Waals surface area contributed by atoms with E-state index < -0.39 is 17.0 Å². The summed E-state index contributed by atoms with van der Waals surface area (Å²) in [6.45, 7) is 3.91. The fourth-order valence-corrected chi connectivity index (χ4v) is 1.50. The predicted octanol–water partition coefficient (Wildman–Crippen LogP) is 1.78. The lowest BCUT2D eigenvalue weighted by atomic mass is 9.84. The van der Waals surface area contributed by atoms with E-state index in [4.69, 9.17) is 5.11 Å². The zero-order valence-corrected chi connectivity index (χ0v) is 8.85. The molecule has 84 valence electrons. The molecule has 0 aromatic heterocycles. The molecule has 15 heavy (non-hydrogen) atoms. The highest BCUT2D eigenvalue weighted by atomic mass is 19.1. The van der Waals surface area contributed by atoms with E-state index in [0.717, 1.165) is 6.07 Å². The molecule has 0 radical (unpaired) electrons. The molecule has 0 saturated carbocycles. The van der Waals surface area contributed by atoms with Gasteiger partial charge < -0.3 is 5.11 Å². The summed E-state index contributed by atoms with van der Waals surface area (Å²) in [6, 6.07) is 3.54. The van der Waals surface area contributed by atoms with E-state index in [-0.39, 0.29) is 6.73 Å². The molecule has 0 saturated heterocycles. The average molecular weight is 215 g/mol. The van der Waals surface area contributed by atoms with Crippen LogP contribution in [0.2, 0.25) is 0 Å². The Balaban J connectivity index is 2.93. The molecule has 0 unspecified atom stereocenters. The molecular formula is C11H15F2NO. The van der Waals surface area contributed by atoms with Gasteiger partial charge in [-0.15, -0.1) is 0 Å². The van der Waals surface area contributed by atoms with Gasteiger partial charge in [0.25, 0.3) is 0 Å². The van der Waals surface area contributed by atoms with Gasteiger partial charge in [0.1, 0.15) is 11.6 Å². The van der Waals surface area contributed by atoms with Gasteiger partial charge in [0, 0.05) is 18.0 Å². The second-order valence-electron chi connectivity index (χ2n) is 4.09. The maximum Gasteiger partial charge on any atom is 0.129 e. The van der Waals surface area contributed by atoms with Crippen molar-refractivity contribution in [3.05, 3.63) is 35.4 Å². The highest BCUT2D eigenvalue weighted by Gasteiger charge is 2.23. The van der Waals surface area contributed by atoms with Crippen LogP contribution in [-0.2, 0) is 5.41 Å². The smallest absolute Gasteiger partial charge is 0.129 e. The molecule has 1 rings (SSSR count). The lowest BCUT2D eigenvalue weighted by molar-refractivity contribution is 0.246. The maximum atomic E-state index is 13.4. The fraction of sp³-hybridized carbons (Fsp3) is 0.455. The van der Waals surface area contributed by atoms with Gasteiger partial charge in [0.15, 0.2) is 0 Å². The molecule has 0 amide bonds. The number of hydrogen-bond donors (Lipinski definition) is 2. The van der Waals surface area contributed by atoms with Gasteiger partial charge in [0.2, 0.25) is 0 Å². The minimum atomic E-state index is -0.581. The summed E-state index contributed by atoms with van der Waals surface area (Å²) in [5.41, 5.74) is -0.0506. The van der Waals surface area contributed by atoms with Crippen molar-refractivity contribution in [1.82, 2.24) is 5.32 Å². The van der Waals surface area contributed by atoms with Crippen LogP contribution >= 0.6 is 0 Å². The minimum Gasteiger partial charge on any atom is -0.381 e. The quantitative estimate of drug-likeness (QED) is 0.750. The van der Waals surface area contributed by atoms with Crippen LogP contribution in [0.25, 0.3) is 0 Å². The van der Waals surface area contributed by atoms with E-state index >= 15 is 0 Å². The molecule has 0 aliphatic rings. The number of benzene rings is 1. The first kappa shape index (κ1) is 12.1. The first-order chi connectivity index (χ1) is 6.97. The summed E-state index contributed by atoms with van der Waals surface area (Å²) in [6.07, 6.45) is 0. The van der Waals surface area contributed by atoms with Crippen molar-refractivity contribution >= 4 is 0 Å². The number of halogens is 2. The lowest BCUT2D eigenvalue weighted by Crippen LogP contribution is -2.34. The summed E-state index contributed by atoms with van der Waals surface area (Å²) < 4.78 is 26.1. The van der Waals surface area contributed by atoms with Crippen molar-refractivity contribution in [2.75, 3.05) is 13.3 Å². The van der Waals surface area contributed by atoms with E-state index in [1.807, 2.05) is 13.8 Å². The van der Waals surface area contributed by atoms with E-state index in [9.17, 15) is 8.78 Å². The molecule has 0 spiro atoms. The van der Waals surface area contributed by atoms with Crippen LogP contribution in [0.15, 0.2) is 18.2 Å². The second kappa shape index (κ2) is 4.68. The van der Waals surface area contributed by atoms with E-state index in [1.54, 1.807) is 0 Å². The van der Waals surface area contributed by atoms with Crippen LogP contribution in [0.5, 0.6) is 0 Å². The van der Waals surface area contributed by atoms with Crippen molar-refractivity contribution in [2.45, 2.75) is 19.3 Å². The van der Waals surface area contributed by atoms with Crippen LogP contribution in [0.1, 0.15) is 19.4 Å².